The molecule has 0 bridgehead atoms. The molecule has 1 fully saturated rings. The Balaban J connectivity index is 1.66. The lowest BCUT2D eigenvalue weighted by Crippen LogP contribution is -2.54. The molecule has 4 rings (SSSR count). The first-order valence-electron chi connectivity index (χ1n) is 10.9. The van der Waals surface area contributed by atoms with Gasteiger partial charge in [0.1, 0.15) is 11.9 Å². The van der Waals surface area contributed by atoms with Gasteiger partial charge in [0.05, 0.1) is 12.6 Å². The number of carbonyl (C=O) groups excluding carboxylic acids is 1. The third-order valence-electron chi connectivity index (χ3n) is 6.27. The number of hydrogen-bond acceptors (Lipinski definition) is 7. The summed E-state index contributed by atoms with van der Waals surface area (Å²) in [5.41, 5.74) is 0.188. The van der Waals surface area contributed by atoms with Gasteiger partial charge in [0, 0.05) is 43.2 Å². The van der Waals surface area contributed by atoms with Gasteiger partial charge < -0.3 is 15.0 Å². The first-order chi connectivity index (χ1) is 15.6. The Morgan fingerprint density at radius 2 is 2.12 bits per heavy atom. The molecule has 2 aromatic heterocycles. The average molecular weight is 465 g/mol. The molecule has 33 heavy (non-hydrogen) atoms. The smallest absolute Gasteiger partial charge is 0.376 e. The standard InChI is InChI=1S/C22H26F3N5O3/c1-13-6-9-33-17(13)11-27-19-10-20(32)29-8-5-18(22(23,24)25)30(21(29)28-19)12-16(31)15-4-3-7-26-14(15)2/h3-4,7,10,13,17-18,27H,5-6,8-9,11-12H2,1-2H3. The number of rotatable bonds is 6. The topological polar surface area (TPSA) is 89.4 Å². The maximum atomic E-state index is 13.9. The molecular formula is C22H26F3N5O3. The van der Waals surface area contributed by atoms with E-state index in [4.69, 9.17) is 4.74 Å². The fourth-order valence-electron chi connectivity index (χ4n) is 4.32. The molecule has 4 heterocycles. The van der Waals surface area contributed by atoms with Crippen molar-refractivity contribution in [3.8, 4) is 0 Å². The summed E-state index contributed by atoms with van der Waals surface area (Å²) in [6.45, 7) is 3.99. The molecule has 1 N–H and O–H groups in total. The average Bonchev–Trinajstić information content (AvgIpc) is 3.16. The quantitative estimate of drug-likeness (QED) is 0.657. The molecule has 0 radical (unpaired) electrons. The van der Waals surface area contributed by atoms with Crippen LogP contribution in [0.1, 0.15) is 35.8 Å². The minimum atomic E-state index is -4.59. The van der Waals surface area contributed by atoms with Gasteiger partial charge >= 0.3 is 6.18 Å². The Hall–Kier alpha value is -2.95. The third kappa shape index (κ3) is 4.87. The number of Topliss-reactive ketones (excluding diaryl/α,β-unsaturated/α-hetero) is 1. The number of hydrogen-bond donors (Lipinski definition) is 1. The van der Waals surface area contributed by atoms with Crippen LogP contribution in [0.3, 0.4) is 0 Å². The van der Waals surface area contributed by atoms with Gasteiger partial charge in [-0.3, -0.25) is 19.1 Å². The summed E-state index contributed by atoms with van der Waals surface area (Å²) < 4.78 is 48.5. The molecule has 11 heteroatoms. The molecule has 0 spiro atoms. The summed E-state index contributed by atoms with van der Waals surface area (Å²) in [6, 6.07) is 2.42. The van der Waals surface area contributed by atoms with Gasteiger partial charge in [0.25, 0.3) is 5.56 Å². The lowest BCUT2D eigenvalue weighted by molar-refractivity contribution is -0.152. The molecule has 1 saturated heterocycles. The summed E-state index contributed by atoms with van der Waals surface area (Å²) in [5, 5.41) is 3.02. The number of ether oxygens (including phenoxy) is 1. The highest BCUT2D eigenvalue weighted by molar-refractivity contribution is 6.00. The summed E-state index contributed by atoms with van der Waals surface area (Å²) in [4.78, 5) is 34.9. The number of carbonyl (C=O) groups is 1. The molecule has 178 valence electrons. The Bertz CT molecular complexity index is 1090. The SMILES string of the molecule is Cc1ncccc1C(=O)CN1c2nc(NCC3OCCC3C)cc(=O)n2CCC1C(F)(F)F. The highest BCUT2D eigenvalue weighted by Crippen LogP contribution is 2.34. The number of halogens is 3. The van der Waals surface area contributed by atoms with E-state index in [1.54, 1.807) is 13.0 Å². The van der Waals surface area contributed by atoms with Crippen molar-refractivity contribution < 1.29 is 22.7 Å². The van der Waals surface area contributed by atoms with E-state index in [9.17, 15) is 22.8 Å². The van der Waals surface area contributed by atoms with Crippen molar-refractivity contribution in [2.45, 2.75) is 51.6 Å². The summed E-state index contributed by atoms with van der Waals surface area (Å²) in [5.74, 6) is -0.215. The van der Waals surface area contributed by atoms with Crippen LogP contribution in [0.25, 0.3) is 0 Å². The molecular weight excluding hydrogens is 439 g/mol. The number of ketones is 1. The molecule has 8 nitrogen and oxygen atoms in total. The van der Waals surface area contributed by atoms with Crippen molar-refractivity contribution in [2.24, 2.45) is 5.92 Å². The normalized spacial score (nSPS) is 22.8. The highest BCUT2D eigenvalue weighted by atomic mass is 19.4. The number of pyridine rings is 1. The largest absolute Gasteiger partial charge is 0.408 e. The second-order valence-corrected chi connectivity index (χ2v) is 8.52. The Kier molecular flexibility index (Phi) is 6.42. The van der Waals surface area contributed by atoms with Crippen LogP contribution in [0.2, 0.25) is 0 Å². The maximum absolute atomic E-state index is 13.9. The van der Waals surface area contributed by atoms with E-state index in [0.717, 1.165) is 11.3 Å². The number of aromatic nitrogens is 3. The van der Waals surface area contributed by atoms with Crippen LogP contribution < -0.4 is 15.8 Å². The molecule has 3 atom stereocenters. The zero-order chi connectivity index (χ0) is 23.8. The molecule has 0 saturated carbocycles. The predicted octanol–water partition coefficient (Wildman–Crippen LogP) is 2.81. The molecule has 0 amide bonds. The maximum Gasteiger partial charge on any atom is 0.408 e. The van der Waals surface area contributed by atoms with Crippen molar-refractivity contribution in [1.29, 1.82) is 0 Å². The van der Waals surface area contributed by atoms with Crippen molar-refractivity contribution >= 4 is 17.5 Å². The number of alkyl halides is 3. The Morgan fingerprint density at radius 1 is 1.33 bits per heavy atom. The minimum absolute atomic E-state index is 0.0697. The number of aryl methyl sites for hydroxylation is 1. The van der Waals surface area contributed by atoms with Crippen LogP contribution in [-0.4, -0.2) is 58.3 Å². The summed E-state index contributed by atoms with van der Waals surface area (Å²) in [7, 11) is 0. The molecule has 2 aliphatic heterocycles. The van der Waals surface area contributed by atoms with E-state index in [-0.39, 0.29) is 36.4 Å². The predicted molar refractivity (Wildman–Crippen MR) is 116 cm³/mol. The number of anilines is 2. The third-order valence-corrected chi connectivity index (χ3v) is 6.27. The highest BCUT2D eigenvalue weighted by Gasteiger charge is 2.47. The fraction of sp³-hybridized carbons (Fsp3) is 0.545. The lowest BCUT2D eigenvalue weighted by atomic mass is 10.0. The number of nitrogens with one attached hydrogen (secondary N) is 1. The van der Waals surface area contributed by atoms with Gasteiger partial charge in [0.15, 0.2) is 5.78 Å². The van der Waals surface area contributed by atoms with E-state index >= 15 is 0 Å². The first-order valence-corrected chi connectivity index (χ1v) is 10.9. The van der Waals surface area contributed by atoms with Gasteiger partial charge in [-0.15, -0.1) is 0 Å². The molecule has 3 unspecified atom stereocenters. The van der Waals surface area contributed by atoms with Gasteiger partial charge in [-0.05, 0) is 37.8 Å². The van der Waals surface area contributed by atoms with Crippen LogP contribution in [0.15, 0.2) is 29.2 Å². The van der Waals surface area contributed by atoms with E-state index < -0.39 is 30.1 Å². The molecule has 2 aromatic rings. The van der Waals surface area contributed by atoms with E-state index in [1.165, 1.54) is 22.9 Å². The first kappa shape index (κ1) is 23.2. The van der Waals surface area contributed by atoms with Crippen LogP contribution in [0, 0.1) is 12.8 Å². The van der Waals surface area contributed by atoms with Gasteiger partial charge in [0.2, 0.25) is 5.95 Å². The molecule has 0 aliphatic carbocycles. The van der Waals surface area contributed by atoms with Crippen molar-refractivity contribution in [3.63, 3.8) is 0 Å². The van der Waals surface area contributed by atoms with E-state index in [2.05, 4.69) is 22.2 Å². The Labute approximate surface area is 188 Å². The second-order valence-electron chi connectivity index (χ2n) is 8.52. The van der Waals surface area contributed by atoms with E-state index in [0.29, 0.717) is 24.8 Å². The van der Waals surface area contributed by atoms with Crippen molar-refractivity contribution in [1.82, 2.24) is 14.5 Å². The van der Waals surface area contributed by atoms with Gasteiger partial charge in [-0.25, -0.2) is 0 Å². The summed E-state index contributed by atoms with van der Waals surface area (Å²) in [6.07, 6.45) is -2.58. The summed E-state index contributed by atoms with van der Waals surface area (Å²) >= 11 is 0. The monoisotopic (exact) mass is 465 g/mol. The minimum Gasteiger partial charge on any atom is -0.376 e. The zero-order valence-electron chi connectivity index (χ0n) is 18.4. The zero-order valence-corrected chi connectivity index (χ0v) is 18.4. The number of nitrogens with zero attached hydrogens (tertiary/aromatic N) is 4. The van der Waals surface area contributed by atoms with E-state index in [1.807, 2.05) is 0 Å². The van der Waals surface area contributed by atoms with Crippen LogP contribution in [-0.2, 0) is 11.3 Å². The second kappa shape index (κ2) is 9.12. The molecule has 0 aromatic carbocycles. The molecule has 2 aliphatic rings. The Morgan fingerprint density at radius 3 is 2.79 bits per heavy atom. The van der Waals surface area contributed by atoms with Crippen LogP contribution in [0.4, 0.5) is 24.9 Å². The lowest BCUT2D eigenvalue weighted by Gasteiger charge is -2.38. The van der Waals surface area contributed by atoms with Gasteiger partial charge in [-0.2, -0.15) is 18.2 Å². The number of fused-ring (bicyclic) bond motifs is 1. The van der Waals surface area contributed by atoms with Crippen LogP contribution in [0.5, 0.6) is 0 Å². The van der Waals surface area contributed by atoms with Crippen molar-refractivity contribution in [3.05, 3.63) is 46.0 Å². The van der Waals surface area contributed by atoms with Crippen LogP contribution >= 0.6 is 0 Å². The fourth-order valence-corrected chi connectivity index (χ4v) is 4.32. The van der Waals surface area contributed by atoms with Crippen molar-refractivity contribution in [2.75, 3.05) is 29.9 Å². The van der Waals surface area contributed by atoms with Gasteiger partial charge in [-0.1, -0.05) is 6.92 Å².